The molecule has 0 aliphatic rings. The molecule has 2 aromatic carbocycles. The number of H-pyrrole nitrogens is 1. The monoisotopic (exact) mass is 306 g/mol. The van der Waals surface area contributed by atoms with Gasteiger partial charge in [0.05, 0.1) is 0 Å². The largest absolute Gasteiger partial charge is 0.507 e. The van der Waals surface area contributed by atoms with Gasteiger partial charge in [0.15, 0.2) is 0 Å². The number of pyridine rings is 1. The molecule has 4 nitrogen and oxygen atoms in total. The minimum atomic E-state index is -0.562. The first-order valence-electron chi connectivity index (χ1n) is 6.82. The van der Waals surface area contributed by atoms with Crippen LogP contribution in [0.15, 0.2) is 59.4 Å². The molecule has 0 radical (unpaired) electrons. The number of aromatic amines is 1. The summed E-state index contributed by atoms with van der Waals surface area (Å²) in [5.41, 5.74) is 1.11. The Kier molecular flexibility index (Phi) is 3.65. The van der Waals surface area contributed by atoms with Crippen molar-refractivity contribution in [3.05, 3.63) is 76.3 Å². The van der Waals surface area contributed by atoms with Crippen molar-refractivity contribution in [3.63, 3.8) is 0 Å². The number of nitrogens with zero attached hydrogens (tertiary/aromatic N) is 1. The number of phenols is 1. The fraction of sp³-hybridized carbons (Fsp3) is 0. The average Bonchev–Trinajstić information content (AvgIpc) is 2.55. The molecule has 0 amide bonds. The van der Waals surface area contributed by atoms with Gasteiger partial charge >= 0.3 is 0 Å². The molecule has 0 fully saturated rings. The molecule has 2 N–H and O–H groups in total. The lowest BCUT2D eigenvalue weighted by atomic mass is 9.98. The van der Waals surface area contributed by atoms with Crippen molar-refractivity contribution in [3.8, 4) is 34.2 Å². The normalized spacial score (nSPS) is 10.3. The molecule has 5 heteroatoms. The zero-order valence-corrected chi connectivity index (χ0v) is 11.9. The summed E-state index contributed by atoms with van der Waals surface area (Å²) >= 11 is 0. The van der Waals surface area contributed by atoms with Crippen LogP contribution >= 0.6 is 0 Å². The molecular weight excluding hydrogens is 295 g/mol. The van der Waals surface area contributed by atoms with Gasteiger partial charge in [0.1, 0.15) is 23.2 Å². The first kappa shape index (κ1) is 14.5. The second-order valence-corrected chi connectivity index (χ2v) is 4.94. The van der Waals surface area contributed by atoms with E-state index < -0.39 is 5.56 Å². The maximum Gasteiger partial charge on any atom is 0.266 e. The number of halogens is 1. The van der Waals surface area contributed by atoms with Gasteiger partial charge in [0, 0.05) is 16.8 Å². The number of para-hydroxylation sites is 1. The van der Waals surface area contributed by atoms with Gasteiger partial charge in [-0.25, -0.2) is 4.39 Å². The van der Waals surface area contributed by atoms with Gasteiger partial charge in [-0.3, -0.25) is 4.79 Å². The van der Waals surface area contributed by atoms with Crippen LogP contribution in [-0.2, 0) is 0 Å². The summed E-state index contributed by atoms with van der Waals surface area (Å²) in [5.74, 6) is -0.412. The predicted molar refractivity (Wildman–Crippen MR) is 84.3 cm³/mol. The van der Waals surface area contributed by atoms with E-state index >= 15 is 0 Å². The van der Waals surface area contributed by atoms with Crippen molar-refractivity contribution < 1.29 is 9.50 Å². The Morgan fingerprint density at radius 1 is 1.04 bits per heavy atom. The molecule has 0 saturated carbocycles. The summed E-state index contributed by atoms with van der Waals surface area (Å²) < 4.78 is 13.0. The van der Waals surface area contributed by atoms with Crippen LogP contribution < -0.4 is 5.56 Å². The van der Waals surface area contributed by atoms with Crippen LogP contribution in [0.1, 0.15) is 5.56 Å². The summed E-state index contributed by atoms with van der Waals surface area (Å²) in [6.45, 7) is 0. The van der Waals surface area contributed by atoms with Crippen molar-refractivity contribution in [2.24, 2.45) is 0 Å². The Balaban J connectivity index is 2.27. The van der Waals surface area contributed by atoms with E-state index in [9.17, 15) is 19.6 Å². The smallest absolute Gasteiger partial charge is 0.266 e. The van der Waals surface area contributed by atoms with Crippen molar-refractivity contribution in [1.29, 1.82) is 5.26 Å². The standard InChI is InChI=1S/C18H11FN2O2/c19-12-7-5-11(6-8-12)16-9-14(15(10-20)18(23)21-16)13-3-1-2-4-17(13)22/h1-9,22H,(H,21,23). The highest BCUT2D eigenvalue weighted by molar-refractivity contribution is 5.78. The van der Waals surface area contributed by atoms with Crippen molar-refractivity contribution in [2.45, 2.75) is 0 Å². The lowest BCUT2D eigenvalue weighted by Gasteiger charge is -2.09. The average molecular weight is 306 g/mol. The van der Waals surface area contributed by atoms with E-state index in [1.807, 2.05) is 6.07 Å². The molecule has 3 aromatic rings. The molecule has 0 spiro atoms. The number of rotatable bonds is 2. The zero-order chi connectivity index (χ0) is 16.4. The van der Waals surface area contributed by atoms with Crippen LogP contribution in [0.3, 0.4) is 0 Å². The minimum absolute atomic E-state index is 0.0281. The first-order valence-corrected chi connectivity index (χ1v) is 6.82. The summed E-state index contributed by atoms with van der Waals surface area (Å²) in [5, 5.41) is 19.2. The Bertz CT molecular complexity index is 970. The molecule has 0 saturated heterocycles. The van der Waals surface area contributed by atoms with Gasteiger partial charge < -0.3 is 10.1 Å². The van der Waals surface area contributed by atoms with Gasteiger partial charge in [-0.05, 0) is 42.0 Å². The van der Waals surface area contributed by atoms with Crippen molar-refractivity contribution >= 4 is 0 Å². The maximum absolute atomic E-state index is 13.0. The summed E-state index contributed by atoms with van der Waals surface area (Å²) in [6, 6.07) is 15.5. The van der Waals surface area contributed by atoms with E-state index in [0.717, 1.165) is 0 Å². The minimum Gasteiger partial charge on any atom is -0.507 e. The van der Waals surface area contributed by atoms with Crippen LogP contribution in [0, 0.1) is 17.1 Å². The van der Waals surface area contributed by atoms with E-state index in [1.54, 1.807) is 24.3 Å². The number of benzene rings is 2. The molecule has 0 unspecified atom stereocenters. The van der Waals surface area contributed by atoms with Gasteiger partial charge in [-0.15, -0.1) is 0 Å². The highest BCUT2D eigenvalue weighted by Gasteiger charge is 2.14. The quantitative estimate of drug-likeness (QED) is 0.761. The second-order valence-electron chi connectivity index (χ2n) is 4.94. The molecule has 0 aliphatic heterocycles. The lowest BCUT2D eigenvalue weighted by Crippen LogP contribution is -2.12. The summed E-state index contributed by atoms with van der Waals surface area (Å²) in [4.78, 5) is 14.8. The Morgan fingerprint density at radius 3 is 2.39 bits per heavy atom. The molecule has 0 bridgehead atoms. The molecule has 1 heterocycles. The van der Waals surface area contributed by atoms with E-state index in [-0.39, 0.29) is 17.1 Å². The highest BCUT2D eigenvalue weighted by atomic mass is 19.1. The van der Waals surface area contributed by atoms with Gasteiger partial charge in [-0.1, -0.05) is 18.2 Å². The number of nitriles is 1. The van der Waals surface area contributed by atoms with Crippen LogP contribution in [0.2, 0.25) is 0 Å². The first-order chi connectivity index (χ1) is 11.1. The molecule has 0 aliphatic carbocycles. The Morgan fingerprint density at radius 2 is 1.74 bits per heavy atom. The number of hydrogen-bond donors (Lipinski definition) is 2. The van der Waals surface area contributed by atoms with Gasteiger partial charge in [0.25, 0.3) is 5.56 Å². The third-order valence-electron chi connectivity index (χ3n) is 3.49. The SMILES string of the molecule is N#Cc1c(-c2ccccc2O)cc(-c2ccc(F)cc2)[nH]c1=O. The second kappa shape index (κ2) is 5.78. The predicted octanol–water partition coefficient (Wildman–Crippen LogP) is 3.43. The van der Waals surface area contributed by atoms with E-state index in [2.05, 4.69) is 4.98 Å². The number of aromatic nitrogens is 1. The van der Waals surface area contributed by atoms with Crippen molar-refractivity contribution in [2.75, 3.05) is 0 Å². The number of nitrogens with one attached hydrogen (secondary N) is 1. The van der Waals surface area contributed by atoms with Crippen LogP contribution in [-0.4, -0.2) is 10.1 Å². The summed E-state index contributed by atoms with van der Waals surface area (Å²) in [7, 11) is 0. The van der Waals surface area contributed by atoms with Crippen LogP contribution in [0.4, 0.5) is 4.39 Å². The Labute approximate surface area is 131 Å². The lowest BCUT2D eigenvalue weighted by molar-refractivity contribution is 0.477. The van der Waals surface area contributed by atoms with Crippen molar-refractivity contribution in [1.82, 2.24) is 4.98 Å². The molecule has 1 aromatic heterocycles. The maximum atomic E-state index is 13.0. The van der Waals surface area contributed by atoms with Crippen LogP contribution in [0.5, 0.6) is 5.75 Å². The molecule has 3 rings (SSSR count). The Hall–Kier alpha value is -3.39. The van der Waals surface area contributed by atoms with E-state index in [0.29, 0.717) is 22.4 Å². The third-order valence-corrected chi connectivity index (χ3v) is 3.49. The number of aromatic hydroxyl groups is 1. The highest BCUT2D eigenvalue weighted by Crippen LogP contribution is 2.32. The van der Waals surface area contributed by atoms with E-state index in [1.165, 1.54) is 30.3 Å². The van der Waals surface area contributed by atoms with E-state index in [4.69, 9.17) is 0 Å². The molecule has 0 atom stereocenters. The topological polar surface area (TPSA) is 76.9 Å². The zero-order valence-electron chi connectivity index (χ0n) is 11.9. The number of phenolic OH excluding ortho intramolecular Hbond substituents is 1. The summed E-state index contributed by atoms with van der Waals surface area (Å²) in [6.07, 6.45) is 0. The molecular formula is C18H11FN2O2. The van der Waals surface area contributed by atoms with Gasteiger partial charge in [-0.2, -0.15) is 5.26 Å². The molecule has 23 heavy (non-hydrogen) atoms. The van der Waals surface area contributed by atoms with Crippen LogP contribution in [0.25, 0.3) is 22.4 Å². The molecule has 112 valence electrons. The number of hydrogen-bond acceptors (Lipinski definition) is 3. The fourth-order valence-electron chi connectivity index (χ4n) is 2.37. The third kappa shape index (κ3) is 2.70. The van der Waals surface area contributed by atoms with Gasteiger partial charge in [0.2, 0.25) is 0 Å². The fourth-order valence-corrected chi connectivity index (χ4v) is 2.37.